The highest BCUT2D eigenvalue weighted by molar-refractivity contribution is 6.39. The van der Waals surface area contributed by atoms with Crippen LogP contribution in [0.2, 0.25) is 10.0 Å². The predicted octanol–water partition coefficient (Wildman–Crippen LogP) is 3.35. The zero-order valence-corrected chi connectivity index (χ0v) is 17.1. The molecule has 2 aromatic rings. The van der Waals surface area contributed by atoms with E-state index in [1.807, 2.05) is 6.92 Å². The van der Waals surface area contributed by atoms with E-state index in [-0.39, 0.29) is 29.7 Å². The van der Waals surface area contributed by atoms with Crippen LogP contribution in [0.1, 0.15) is 32.7 Å². The highest BCUT2D eigenvalue weighted by Crippen LogP contribution is 2.34. The molecule has 26 heavy (non-hydrogen) atoms. The number of aryl methyl sites for hydroxylation is 3. The van der Waals surface area contributed by atoms with Crippen molar-refractivity contribution in [2.45, 2.75) is 20.8 Å². The summed E-state index contributed by atoms with van der Waals surface area (Å²) in [5.41, 5.74) is 2.49. The van der Waals surface area contributed by atoms with Gasteiger partial charge in [0.15, 0.2) is 6.61 Å². The average molecular weight is 398 g/mol. The van der Waals surface area contributed by atoms with Crippen LogP contribution < -0.4 is 4.74 Å². The van der Waals surface area contributed by atoms with Crippen molar-refractivity contribution in [1.82, 2.24) is 14.7 Å². The molecule has 8 heteroatoms. The lowest BCUT2D eigenvalue weighted by atomic mass is 9.99. The Bertz CT molecular complexity index is 889. The number of carbonyl (C=O) groups excluding carboxylic acids is 2. The summed E-state index contributed by atoms with van der Waals surface area (Å²) in [6, 6.07) is 1.65. The van der Waals surface area contributed by atoms with Crippen molar-refractivity contribution >= 4 is 34.9 Å². The Hall–Kier alpha value is -2.05. The van der Waals surface area contributed by atoms with Gasteiger partial charge in [0.05, 0.1) is 10.7 Å². The fraction of sp³-hybridized carbons (Fsp3) is 0.389. The highest BCUT2D eigenvalue weighted by Gasteiger charge is 2.26. The van der Waals surface area contributed by atoms with Crippen LogP contribution in [0.4, 0.5) is 0 Å². The first-order valence-corrected chi connectivity index (χ1v) is 8.68. The third-order valence-electron chi connectivity index (χ3n) is 4.07. The van der Waals surface area contributed by atoms with Crippen LogP contribution in [0.3, 0.4) is 0 Å². The first kappa shape index (κ1) is 20.3. The summed E-state index contributed by atoms with van der Waals surface area (Å²) in [6.45, 7) is 5.08. The molecule has 0 aliphatic heterocycles. The molecule has 0 aliphatic carbocycles. The fourth-order valence-corrected chi connectivity index (χ4v) is 2.99. The summed E-state index contributed by atoms with van der Waals surface area (Å²) in [4.78, 5) is 26.4. The first-order chi connectivity index (χ1) is 12.1. The van der Waals surface area contributed by atoms with Crippen LogP contribution >= 0.6 is 23.2 Å². The van der Waals surface area contributed by atoms with Gasteiger partial charge in [-0.1, -0.05) is 23.2 Å². The van der Waals surface area contributed by atoms with Crippen molar-refractivity contribution < 1.29 is 14.3 Å². The minimum absolute atomic E-state index is 0.196. The van der Waals surface area contributed by atoms with E-state index in [9.17, 15) is 9.59 Å². The van der Waals surface area contributed by atoms with Gasteiger partial charge in [-0.2, -0.15) is 5.10 Å². The number of halogens is 2. The number of hydrogen-bond donors (Lipinski definition) is 0. The second-order valence-electron chi connectivity index (χ2n) is 6.29. The van der Waals surface area contributed by atoms with E-state index in [4.69, 9.17) is 27.9 Å². The van der Waals surface area contributed by atoms with Crippen LogP contribution in [-0.4, -0.2) is 47.1 Å². The molecule has 0 fully saturated rings. The Morgan fingerprint density at radius 1 is 1.19 bits per heavy atom. The van der Waals surface area contributed by atoms with Crippen LogP contribution in [0.25, 0.3) is 0 Å². The van der Waals surface area contributed by atoms with E-state index >= 15 is 0 Å². The number of aromatic nitrogens is 2. The molecule has 0 bridgehead atoms. The molecule has 140 valence electrons. The minimum Gasteiger partial charge on any atom is -0.467 e. The van der Waals surface area contributed by atoms with Gasteiger partial charge < -0.3 is 9.64 Å². The minimum atomic E-state index is -0.323. The molecule has 0 N–H and O–H groups in total. The van der Waals surface area contributed by atoms with Gasteiger partial charge in [0.25, 0.3) is 5.91 Å². The Labute approximate surface area is 162 Å². The molecule has 1 aromatic heterocycles. The van der Waals surface area contributed by atoms with E-state index in [0.717, 1.165) is 5.56 Å². The van der Waals surface area contributed by atoms with Crippen molar-refractivity contribution in [3.8, 4) is 5.88 Å². The Kier molecular flexibility index (Phi) is 5.98. The Morgan fingerprint density at radius 3 is 2.38 bits per heavy atom. The summed E-state index contributed by atoms with van der Waals surface area (Å²) in [6.07, 6.45) is 0. The van der Waals surface area contributed by atoms with Crippen molar-refractivity contribution in [3.63, 3.8) is 0 Å². The van der Waals surface area contributed by atoms with Crippen LogP contribution in [0.5, 0.6) is 5.88 Å². The molecule has 1 heterocycles. The van der Waals surface area contributed by atoms with Gasteiger partial charge in [0.2, 0.25) is 11.7 Å². The first-order valence-electron chi connectivity index (χ1n) is 7.92. The summed E-state index contributed by atoms with van der Waals surface area (Å²) in [5, 5.41) is 5.07. The number of ether oxygens (including phenoxy) is 1. The zero-order chi connectivity index (χ0) is 19.8. The largest absolute Gasteiger partial charge is 0.467 e. The Morgan fingerprint density at radius 2 is 1.81 bits per heavy atom. The van der Waals surface area contributed by atoms with Gasteiger partial charge in [0.1, 0.15) is 5.56 Å². The molecule has 0 unspecified atom stereocenters. The number of hydrogen-bond acceptors (Lipinski definition) is 4. The Balaban J connectivity index is 2.49. The summed E-state index contributed by atoms with van der Waals surface area (Å²) < 4.78 is 7.04. The summed E-state index contributed by atoms with van der Waals surface area (Å²) >= 11 is 12.6. The standard InChI is InChI=1S/C18H21Cl2N3O3/c1-9-7-12(16(20)10(2)15(9)19)17(25)14-11(3)21-23(6)18(14)26-8-13(24)22(4)5/h7H,8H2,1-6H3. The molecule has 2 rings (SSSR count). The maximum absolute atomic E-state index is 13.2. The van der Waals surface area contributed by atoms with E-state index in [2.05, 4.69) is 5.10 Å². The number of ketones is 1. The van der Waals surface area contributed by atoms with E-state index < -0.39 is 0 Å². The molecule has 0 radical (unpaired) electrons. The van der Waals surface area contributed by atoms with Crippen LogP contribution in [0.15, 0.2) is 6.07 Å². The van der Waals surface area contributed by atoms with Crippen molar-refractivity contribution in [2.24, 2.45) is 7.05 Å². The van der Waals surface area contributed by atoms with Gasteiger partial charge >= 0.3 is 0 Å². The monoisotopic (exact) mass is 397 g/mol. The van der Waals surface area contributed by atoms with Gasteiger partial charge in [-0.15, -0.1) is 0 Å². The average Bonchev–Trinajstić information content (AvgIpc) is 2.86. The number of benzene rings is 1. The second-order valence-corrected chi connectivity index (χ2v) is 7.05. The molecule has 0 atom stereocenters. The number of nitrogens with zero attached hydrogens (tertiary/aromatic N) is 3. The number of carbonyl (C=O) groups is 2. The maximum atomic E-state index is 13.2. The van der Waals surface area contributed by atoms with Gasteiger partial charge in [-0.3, -0.25) is 9.59 Å². The molecule has 0 saturated heterocycles. The van der Waals surface area contributed by atoms with Crippen molar-refractivity contribution in [1.29, 1.82) is 0 Å². The normalized spacial score (nSPS) is 10.8. The van der Waals surface area contributed by atoms with E-state index in [1.54, 1.807) is 41.1 Å². The van der Waals surface area contributed by atoms with Crippen molar-refractivity contribution in [2.75, 3.05) is 20.7 Å². The lowest BCUT2D eigenvalue weighted by Crippen LogP contribution is -2.28. The SMILES string of the molecule is Cc1cc(C(=O)c2c(C)nn(C)c2OCC(=O)N(C)C)c(Cl)c(C)c1Cl. The van der Waals surface area contributed by atoms with Crippen LogP contribution in [-0.2, 0) is 11.8 Å². The second kappa shape index (κ2) is 7.68. The van der Waals surface area contributed by atoms with Crippen molar-refractivity contribution in [3.05, 3.63) is 44.1 Å². The fourth-order valence-electron chi connectivity index (χ4n) is 2.56. The highest BCUT2D eigenvalue weighted by atomic mass is 35.5. The molecule has 1 amide bonds. The van der Waals surface area contributed by atoms with Gasteiger partial charge in [-0.05, 0) is 38.0 Å². The summed E-state index contributed by atoms with van der Waals surface area (Å²) in [5.74, 6) is -0.321. The number of rotatable bonds is 5. The molecular formula is C18H21Cl2N3O3. The smallest absolute Gasteiger partial charge is 0.260 e. The predicted molar refractivity (Wildman–Crippen MR) is 102 cm³/mol. The molecule has 0 aliphatic rings. The molecule has 0 spiro atoms. The zero-order valence-electron chi connectivity index (χ0n) is 15.6. The van der Waals surface area contributed by atoms with E-state index in [0.29, 0.717) is 26.9 Å². The quantitative estimate of drug-likeness (QED) is 0.725. The number of amides is 1. The van der Waals surface area contributed by atoms with E-state index in [1.165, 1.54) is 9.58 Å². The number of likely N-dealkylation sites (N-methyl/N-ethyl adjacent to an activating group) is 1. The third-order valence-corrected chi connectivity index (χ3v) is 5.14. The van der Waals surface area contributed by atoms with Crippen LogP contribution in [0, 0.1) is 20.8 Å². The molecular weight excluding hydrogens is 377 g/mol. The lowest BCUT2D eigenvalue weighted by Gasteiger charge is -2.14. The van der Waals surface area contributed by atoms with Gasteiger partial charge in [-0.25, -0.2) is 4.68 Å². The molecule has 6 nitrogen and oxygen atoms in total. The molecule has 1 aromatic carbocycles. The molecule has 0 saturated carbocycles. The topological polar surface area (TPSA) is 64.4 Å². The van der Waals surface area contributed by atoms with Gasteiger partial charge in [0, 0.05) is 31.7 Å². The lowest BCUT2D eigenvalue weighted by molar-refractivity contribution is -0.130. The summed E-state index contributed by atoms with van der Waals surface area (Å²) in [7, 11) is 4.91. The maximum Gasteiger partial charge on any atom is 0.260 e. The third kappa shape index (κ3) is 3.71.